The summed E-state index contributed by atoms with van der Waals surface area (Å²) in [4.78, 5) is 11.1. The Morgan fingerprint density at radius 2 is 2.04 bits per heavy atom. The summed E-state index contributed by atoms with van der Waals surface area (Å²) in [7, 11) is 0. The summed E-state index contributed by atoms with van der Waals surface area (Å²) in [6.07, 6.45) is 2.54. The van der Waals surface area contributed by atoms with Gasteiger partial charge in [0.05, 0.1) is 5.60 Å². The van der Waals surface area contributed by atoms with Gasteiger partial charge in [0.25, 0.3) is 0 Å². The van der Waals surface area contributed by atoms with E-state index in [0.29, 0.717) is 12.3 Å². The first-order valence-electron chi connectivity index (χ1n) is 8.63. The third-order valence-electron chi connectivity index (χ3n) is 5.59. The molecule has 2 rings (SSSR count). The molecule has 0 radical (unpaired) electrons. The molecule has 3 nitrogen and oxygen atoms in total. The van der Waals surface area contributed by atoms with E-state index in [1.54, 1.807) is 0 Å². The molecule has 1 aromatic carbocycles. The zero-order chi connectivity index (χ0) is 17.4. The Balaban J connectivity index is 2.49. The number of rotatable bonds is 5. The van der Waals surface area contributed by atoms with Crippen LogP contribution in [-0.2, 0) is 16.6 Å². The van der Waals surface area contributed by atoms with E-state index in [1.165, 1.54) is 16.7 Å². The van der Waals surface area contributed by atoms with E-state index < -0.39 is 11.6 Å². The lowest BCUT2D eigenvalue weighted by Crippen LogP contribution is -2.48. The lowest BCUT2D eigenvalue weighted by molar-refractivity contribution is -0.138. The maximum atomic E-state index is 11.1. The topological polar surface area (TPSA) is 57.5 Å². The average Bonchev–Trinajstić information content (AvgIpc) is 2.43. The molecule has 1 aliphatic carbocycles. The van der Waals surface area contributed by atoms with Gasteiger partial charge in [0.2, 0.25) is 0 Å². The van der Waals surface area contributed by atoms with Gasteiger partial charge in [-0.2, -0.15) is 0 Å². The molecular formula is C20H30O3. The largest absolute Gasteiger partial charge is 0.481 e. The highest BCUT2D eigenvalue weighted by Crippen LogP contribution is 2.49. The quantitative estimate of drug-likeness (QED) is 0.852. The van der Waals surface area contributed by atoms with Crippen molar-refractivity contribution in [1.29, 1.82) is 0 Å². The summed E-state index contributed by atoms with van der Waals surface area (Å²) in [6, 6.07) is 6.61. The first-order valence-corrected chi connectivity index (χ1v) is 8.63. The van der Waals surface area contributed by atoms with Crippen molar-refractivity contribution in [1.82, 2.24) is 0 Å². The summed E-state index contributed by atoms with van der Waals surface area (Å²) in [5, 5.41) is 19.8. The third kappa shape index (κ3) is 3.60. The van der Waals surface area contributed by atoms with Crippen LogP contribution in [0.3, 0.4) is 0 Å². The minimum atomic E-state index is -0.818. The Kier molecular flexibility index (Phi) is 4.91. The lowest BCUT2D eigenvalue weighted by Gasteiger charge is -2.48. The average molecular weight is 318 g/mol. The fourth-order valence-electron chi connectivity index (χ4n) is 4.35. The van der Waals surface area contributed by atoms with E-state index >= 15 is 0 Å². The first kappa shape index (κ1) is 18.0. The van der Waals surface area contributed by atoms with Crippen LogP contribution in [0.25, 0.3) is 0 Å². The van der Waals surface area contributed by atoms with Gasteiger partial charge in [0.1, 0.15) is 0 Å². The van der Waals surface area contributed by atoms with Crippen LogP contribution in [0.15, 0.2) is 18.2 Å². The molecule has 1 unspecified atom stereocenters. The summed E-state index contributed by atoms with van der Waals surface area (Å²) in [5.74, 6) is -0.226. The lowest BCUT2D eigenvalue weighted by atomic mass is 9.57. The fraction of sp³-hybridized carbons (Fsp3) is 0.650. The van der Waals surface area contributed by atoms with E-state index in [2.05, 4.69) is 39.0 Å². The second-order valence-corrected chi connectivity index (χ2v) is 8.13. The fourth-order valence-corrected chi connectivity index (χ4v) is 4.35. The maximum absolute atomic E-state index is 11.1. The van der Waals surface area contributed by atoms with Gasteiger partial charge in [0, 0.05) is 6.42 Å². The van der Waals surface area contributed by atoms with Crippen LogP contribution < -0.4 is 0 Å². The van der Waals surface area contributed by atoms with Crippen LogP contribution >= 0.6 is 0 Å². The molecule has 0 spiro atoms. The Morgan fingerprint density at radius 1 is 1.39 bits per heavy atom. The monoisotopic (exact) mass is 318 g/mol. The summed E-state index contributed by atoms with van der Waals surface area (Å²) in [6.45, 7) is 10.2. The van der Waals surface area contributed by atoms with E-state index in [9.17, 15) is 9.90 Å². The van der Waals surface area contributed by atoms with Gasteiger partial charge in [-0.3, -0.25) is 4.79 Å². The van der Waals surface area contributed by atoms with Gasteiger partial charge in [-0.05, 0) is 67.1 Å². The van der Waals surface area contributed by atoms with Crippen molar-refractivity contribution in [2.24, 2.45) is 5.92 Å². The molecule has 23 heavy (non-hydrogen) atoms. The number of carboxylic acid groups (broad SMARTS) is 1. The van der Waals surface area contributed by atoms with E-state index in [1.807, 2.05) is 13.8 Å². The van der Waals surface area contributed by atoms with E-state index in [-0.39, 0.29) is 17.8 Å². The van der Waals surface area contributed by atoms with E-state index in [0.717, 1.165) is 12.8 Å². The molecule has 2 N–H and O–H groups in total. The molecule has 1 aliphatic rings. The molecule has 128 valence electrons. The van der Waals surface area contributed by atoms with Crippen molar-refractivity contribution >= 4 is 5.97 Å². The second kappa shape index (κ2) is 6.27. The second-order valence-electron chi connectivity index (χ2n) is 8.13. The standard InChI is InChI=1S/C20H30O3/c1-13(2)14-6-8-16-15(12-14)7-9-17(19(3,4)23)20(16,5)11-10-18(21)22/h6,8,12-13,17,23H,7,9-11H2,1-5H3,(H,21,22)/t17?,20-/m1/s1. The van der Waals surface area contributed by atoms with Crippen LogP contribution in [0.2, 0.25) is 0 Å². The van der Waals surface area contributed by atoms with E-state index in [4.69, 9.17) is 5.11 Å². The summed E-state index contributed by atoms with van der Waals surface area (Å²) in [5.41, 5.74) is 2.75. The molecule has 0 fully saturated rings. The third-order valence-corrected chi connectivity index (χ3v) is 5.59. The molecule has 0 heterocycles. The number of hydrogen-bond acceptors (Lipinski definition) is 2. The minimum Gasteiger partial charge on any atom is -0.481 e. The normalized spacial score (nSPS) is 24.6. The summed E-state index contributed by atoms with van der Waals surface area (Å²) >= 11 is 0. The van der Waals surface area contributed by atoms with Gasteiger partial charge in [-0.15, -0.1) is 0 Å². The molecule has 0 bridgehead atoms. The van der Waals surface area contributed by atoms with Crippen LogP contribution in [0.5, 0.6) is 0 Å². The number of fused-ring (bicyclic) bond motifs is 1. The Hall–Kier alpha value is -1.35. The highest BCUT2D eigenvalue weighted by atomic mass is 16.4. The number of aryl methyl sites for hydroxylation is 1. The predicted molar refractivity (Wildman–Crippen MR) is 92.9 cm³/mol. The van der Waals surface area contributed by atoms with Crippen molar-refractivity contribution in [3.05, 3.63) is 34.9 Å². The zero-order valence-electron chi connectivity index (χ0n) is 15.0. The Morgan fingerprint density at radius 3 is 2.57 bits per heavy atom. The number of aliphatic carboxylic acids is 1. The number of hydrogen-bond donors (Lipinski definition) is 2. The number of carboxylic acids is 1. The SMILES string of the molecule is CC(C)c1ccc2c(c1)CCC(C(C)(C)O)[C@]2(C)CCC(=O)O. The molecule has 0 amide bonds. The first-order chi connectivity index (χ1) is 10.6. The van der Waals surface area contributed by atoms with Crippen molar-refractivity contribution < 1.29 is 15.0 Å². The predicted octanol–water partition coefficient (Wildman–Crippen LogP) is 4.27. The Labute approximate surface area is 139 Å². The molecule has 0 aliphatic heterocycles. The van der Waals surface area contributed by atoms with Crippen LogP contribution in [0, 0.1) is 5.92 Å². The van der Waals surface area contributed by atoms with Crippen LogP contribution in [0.4, 0.5) is 0 Å². The number of aliphatic hydroxyl groups is 1. The number of carbonyl (C=O) groups is 1. The van der Waals surface area contributed by atoms with Crippen LogP contribution in [-0.4, -0.2) is 21.8 Å². The Bertz CT molecular complexity index is 583. The van der Waals surface area contributed by atoms with Gasteiger partial charge < -0.3 is 10.2 Å². The molecular weight excluding hydrogens is 288 g/mol. The smallest absolute Gasteiger partial charge is 0.303 e. The highest BCUT2D eigenvalue weighted by Gasteiger charge is 2.46. The van der Waals surface area contributed by atoms with Crippen molar-refractivity contribution in [3.8, 4) is 0 Å². The van der Waals surface area contributed by atoms with Crippen molar-refractivity contribution in [2.75, 3.05) is 0 Å². The molecule has 0 aromatic heterocycles. The van der Waals surface area contributed by atoms with Gasteiger partial charge >= 0.3 is 5.97 Å². The van der Waals surface area contributed by atoms with Crippen LogP contribution in [0.1, 0.15) is 76.5 Å². The zero-order valence-corrected chi connectivity index (χ0v) is 15.0. The van der Waals surface area contributed by atoms with Gasteiger partial charge in [-0.25, -0.2) is 0 Å². The van der Waals surface area contributed by atoms with Crippen molar-refractivity contribution in [2.45, 2.75) is 77.2 Å². The molecule has 0 saturated carbocycles. The maximum Gasteiger partial charge on any atom is 0.303 e. The molecule has 1 aromatic rings. The highest BCUT2D eigenvalue weighted by molar-refractivity contribution is 5.67. The number of benzene rings is 1. The summed E-state index contributed by atoms with van der Waals surface area (Å²) < 4.78 is 0. The molecule has 2 atom stereocenters. The van der Waals surface area contributed by atoms with Gasteiger partial charge in [-0.1, -0.05) is 39.0 Å². The minimum absolute atomic E-state index is 0.0618. The molecule has 0 saturated heterocycles. The van der Waals surface area contributed by atoms with Crippen molar-refractivity contribution in [3.63, 3.8) is 0 Å². The molecule has 3 heteroatoms. The van der Waals surface area contributed by atoms with Gasteiger partial charge in [0.15, 0.2) is 0 Å².